The van der Waals surface area contributed by atoms with Crippen LogP contribution in [0.2, 0.25) is 0 Å². The van der Waals surface area contributed by atoms with Gasteiger partial charge in [0.2, 0.25) is 0 Å². The number of rotatable bonds is 3. The minimum Gasteiger partial charge on any atom is -0.261 e. The summed E-state index contributed by atoms with van der Waals surface area (Å²) in [6, 6.07) is 3.57. The van der Waals surface area contributed by atoms with Crippen LogP contribution in [0.1, 0.15) is 16.8 Å². The molecule has 0 aliphatic rings. The van der Waals surface area contributed by atoms with Gasteiger partial charge in [-0.2, -0.15) is 0 Å². The Morgan fingerprint density at radius 1 is 1.10 bits per heavy atom. The molecule has 20 heavy (non-hydrogen) atoms. The Hall–Kier alpha value is -2.17. The smallest absolute Gasteiger partial charge is 0.165 e. The van der Waals surface area contributed by atoms with Crippen LogP contribution >= 0.6 is 0 Å². The van der Waals surface area contributed by atoms with Gasteiger partial charge in [-0.3, -0.25) is 4.98 Å². The molecule has 0 saturated heterocycles. The number of aromatic nitrogens is 1. The van der Waals surface area contributed by atoms with Gasteiger partial charge in [-0.25, -0.2) is 17.6 Å². The van der Waals surface area contributed by atoms with E-state index in [-0.39, 0.29) is 12.5 Å². The van der Waals surface area contributed by atoms with Crippen LogP contribution in [0.5, 0.6) is 0 Å². The van der Waals surface area contributed by atoms with Crippen LogP contribution in [0.15, 0.2) is 31.0 Å². The maximum Gasteiger partial charge on any atom is 0.165 e. The molecule has 0 unspecified atom stereocenters. The second-order valence-electron chi connectivity index (χ2n) is 4.42. The standard InChI is InChI=1S/C15H11F4N/c1-8(10-4-3-9(2)20-7-10)5-11-14(18)12(16)6-13(17)15(11)19/h3-4,6-7H,1,5H2,2H3. The van der Waals surface area contributed by atoms with Crippen LogP contribution in [0, 0.1) is 30.2 Å². The predicted molar refractivity (Wildman–Crippen MR) is 68.0 cm³/mol. The molecule has 0 spiro atoms. The van der Waals surface area contributed by atoms with Crippen molar-refractivity contribution in [3.63, 3.8) is 0 Å². The maximum absolute atomic E-state index is 13.5. The van der Waals surface area contributed by atoms with Gasteiger partial charge in [0.15, 0.2) is 23.3 Å². The molecule has 0 radical (unpaired) electrons. The van der Waals surface area contributed by atoms with Crippen molar-refractivity contribution in [1.29, 1.82) is 0 Å². The number of aryl methyl sites for hydroxylation is 1. The lowest BCUT2D eigenvalue weighted by Gasteiger charge is -2.09. The number of pyridine rings is 1. The molecule has 2 aromatic rings. The van der Waals surface area contributed by atoms with Crippen molar-refractivity contribution in [3.8, 4) is 0 Å². The third kappa shape index (κ3) is 2.71. The zero-order valence-corrected chi connectivity index (χ0v) is 10.7. The summed E-state index contributed by atoms with van der Waals surface area (Å²) in [5, 5.41) is 0. The lowest BCUT2D eigenvalue weighted by atomic mass is 9.99. The molecule has 0 fully saturated rings. The van der Waals surface area contributed by atoms with Crippen molar-refractivity contribution >= 4 is 5.57 Å². The lowest BCUT2D eigenvalue weighted by Crippen LogP contribution is -2.04. The molecule has 0 saturated carbocycles. The average Bonchev–Trinajstić information content (AvgIpc) is 2.42. The number of hydrogen-bond acceptors (Lipinski definition) is 1. The summed E-state index contributed by atoms with van der Waals surface area (Å²) in [4.78, 5) is 4.03. The Labute approximate surface area is 113 Å². The molecular weight excluding hydrogens is 270 g/mol. The largest absolute Gasteiger partial charge is 0.261 e. The quantitative estimate of drug-likeness (QED) is 0.607. The molecule has 2 rings (SSSR count). The Morgan fingerprint density at radius 2 is 1.70 bits per heavy atom. The van der Waals surface area contributed by atoms with Crippen LogP contribution in [-0.4, -0.2) is 4.98 Å². The van der Waals surface area contributed by atoms with E-state index in [2.05, 4.69) is 11.6 Å². The topological polar surface area (TPSA) is 12.9 Å². The minimum atomic E-state index is -1.42. The fourth-order valence-corrected chi connectivity index (χ4v) is 1.77. The highest BCUT2D eigenvalue weighted by atomic mass is 19.2. The summed E-state index contributed by atoms with van der Waals surface area (Å²) in [7, 11) is 0. The molecular formula is C15H11F4N. The highest BCUT2D eigenvalue weighted by Gasteiger charge is 2.19. The van der Waals surface area contributed by atoms with Gasteiger partial charge in [0, 0.05) is 29.9 Å². The Morgan fingerprint density at radius 3 is 2.20 bits per heavy atom. The summed E-state index contributed by atoms with van der Waals surface area (Å²) in [5.74, 6) is -5.64. The fourth-order valence-electron chi connectivity index (χ4n) is 1.77. The van der Waals surface area contributed by atoms with Crippen molar-refractivity contribution in [2.24, 2.45) is 0 Å². The molecule has 1 aromatic carbocycles. The zero-order valence-electron chi connectivity index (χ0n) is 10.7. The highest BCUT2D eigenvalue weighted by Crippen LogP contribution is 2.25. The van der Waals surface area contributed by atoms with Crippen molar-refractivity contribution < 1.29 is 17.6 Å². The fraction of sp³-hybridized carbons (Fsp3) is 0.133. The average molecular weight is 281 g/mol. The molecule has 1 nitrogen and oxygen atoms in total. The summed E-state index contributed by atoms with van der Waals surface area (Å²) in [5.41, 5.74) is 0.975. The third-order valence-corrected chi connectivity index (χ3v) is 2.91. The van der Waals surface area contributed by atoms with E-state index >= 15 is 0 Å². The van der Waals surface area contributed by atoms with Crippen molar-refractivity contribution in [3.05, 3.63) is 71.1 Å². The van der Waals surface area contributed by atoms with Gasteiger partial charge in [-0.1, -0.05) is 12.6 Å². The SMILES string of the molecule is C=C(Cc1c(F)c(F)cc(F)c1F)c1ccc(C)nc1. The van der Waals surface area contributed by atoms with E-state index in [0.29, 0.717) is 11.1 Å². The maximum atomic E-state index is 13.5. The highest BCUT2D eigenvalue weighted by molar-refractivity contribution is 5.65. The van der Waals surface area contributed by atoms with Crippen molar-refractivity contribution in [1.82, 2.24) is 4.98 Å². The molecule has 0 amide bonds. The van der Waals surface area contributed by atoms with E-state index in [4.69, 9.17) is 0 Å². The van der Waals surface area contributed by atoms with E-state index < -0.39 is 28.8 Å². The Bertz CT molecular complexity index is 636. The van der Waals surface area contributed by atoms with Gasteiger partial charge in [-0.15, -0.1) is 0 Å². The van der Waals surface area contributed by atoms with E-state index in [0.717, 1.165) is 5.69 Å². The number of allylic oxidation sites excluding steroid dienone is 1. The number of benzene rings is 1. The van der Waals surface area contributed by atoms with Gasteiger partial charge in [0.25, 0.3) is 0 Å². The molecule has 5 heteroatoms. The molecule has 104 valence electrons. The Balaban J connectivity index is 2.35. The lowest BCUT2D eigenvalue weighted by molar-refractivity contribution is 0.442. The van der Waals surface area contributed by atoms with Crippen molar-refractivity contribution in [2.45, 2.75) is 13.3 Å². The third-order valence-electron chi connectivity index (χ3n) is 2.91. The normalized spacial score (nSPS) is 10.7. The molecule has 0 aliphatic carbocycles. The molecule has 0 aliphatic heterocycles. The first-order chi connectivity index (χ1) is 9.40. The summed E-state index contributed by atoms with van der Waals surface area (Å²) in [6.07, 6.45) is 1.15. The molecule has 0 N–H and O–H groups in total. The summed E-state index contributed by atoms with van der Waals surface area (Å²) < 4.78 is 53.3. The van der Waals surface area contributed by atoms with E-state index in [9.17, 15) is 17.6 Å². The molecule has 0 atom stereocenters. The number of halogens is 4. The van der Waals surface area contributed by atoms with Gasteiger partial charge >= 0.3 is 0 Å². The van der Waals surface area contributed by atoms with Crippen molar-refractivity contribution in [2.75, 3.05) is 0 Å². The summed E-state index contributed by atoms with van der Waals surface area (Å²) in [6.45, 7) is 5.46. The van der Waals surface area contributed by atoms with Gasteiger partial charge in [0.1, 0.15) is 0 Å². The number of hydrogen-bond donors (Lipinski definition) is 0. The number of nitrogens with zero attached hydrogens (tertiary/aromatic N) is 1. The molecule has 0 bridgehead atoms. The van der Waals surface area contributed by atoms with Crippen LogP contribution in [0.3, 0.4) is 0 Å². The minimum absolute atomic E-state index is 0.185. The second kappa shape index (κ2) is 5.45. The van der Waals surface area contributed by atoms with Crippen LogP contribution in [-0.2, 0) is 6.42 Å². The monoisotopic (exact) mass is 281 g/mol. The van der Waals surface area contributed by atoms with E-state index in [1.165, 1.54) is 6.20 Å². The Kier molecular flexibility index (Phi) is 3.88. The van der Waals surface area contributed by atoms with Gasteiger partial charge in [-0.05, 0) is 24.1 Å². The van der Waals surface area contributed by atoms with E-state index in [1.54, 1.807) is 19.1 Å². The van der Waals surface area contributed by atoms with Gasteiger partial charge in [0.05, 0.1) is 0 Å². The zero-order chi connectivity index (χ0) is 14.9. The van der Waals surface area contributed by atoms with E-state index in [1.807, 2.05) is 0 Å². The van der Waals surface area contributed by atoms with Crippen LogP contribution in [0.4, 0.5) is 17.6 Å². The summed E-state index contributed by atoms with van der Waals surface area (Å²) >= 11 is 0. The molecule has 1 aromatic heterocycles. The predicted octanol–water partition coefficient (Wildman–Crippen LogP) is 4.20. The second-order valence-corrected chi connectivity index (χ2v) is 4.42. The van der Waals surface area contributed by atoms with Crippen LogP contribution in [0.25, 0.3) is 5.57 Å². The van der Waals surface area contributed by atoms with Gasteiger partial charge < -0.3 is 0 Å². The first-order valence-electron chi connectivity index (χ1n) is 5.83. The van der Waals surface area contributed by atoms with Crippen LogP contribution < -0.4 is 0 Å². The first kappa shape index (κ1) is 14.2. The molecule has 1 heterocycles. The first-order valence-corrected chi connectivity index (χ1v) is 5.83.